The van der Waals surface area contributed by atoms with Crippen LogP contribution in [0.4, 0.5) is 13.2 Å². The fourth-order valence-electron chi connectivity index (χ4n) is 1.97. The van der Waals surface area contributed by atoms with Gasteiger partial charge >= 0.3 is 6.18 Å². The molecule has 4 nitrogen and oxygen atoms in total. The molecule has 8 heteroatoms. The molecule has 2 aromatic rings. The molecule has 0 radical (unpaired) electrons. The average Bonchev–Trinajstić information content (AvgIpc) is 2.94. The average molecular weight is 362 g/mol. The summed E-state index contributed by atoms with van der Waals surface area (Å²) in [6, 6.07) is 3.54. The smallest absolute Gasteiger partial charge is 0.338 e. The minimum Gasteiger partial charge on any atom is -0.338 e. The van der Waals surface area contributed by atoms with Crippen molar-refractivity contribution in [1.82, 2.24) is 15.5 Å². The Morgan fingerprint density at radius 1 is 1.25 bits per heavy atom. The van der Waals surface area contributed by atoms with Crippen molar-refractivity contribution in [3.05, 3.63) is 46.1 Å². The van der Waals surface area contributed by atoms with Gasteiger partial charge in [-0.15, -0.1) is 0 Å². The molecule has 0 amide bonds. The van der Waals surface area contributed by atoms with E-state index in [-0.39, 0.29) is 23.0 Å². The van der Waals surface area contributed by atoms with Crippen LogP contribution < -0.4 is 5.32 Å². The summed E-state index contributed by atoms with van der Waals surface area (Å²) in [7, 11) is 0. The first kappa shape index (κ1) is 18.7. The number of benzene rings is 1. The molecule has 2 rings (SSSR count). The van der Waals surface area contributed by atoms with Crippen LogP contribution in [0.1, 0.15) is 56.6 Å². The molecule has 1 atom stereocenters. The van der Waals surface area contributed by atoms with E-state index in [1.807, 2.05) is 20.8 Å². The highest BCUT2D eigenvalue weighted by Gasteiger charge is 2.33. The predicted octanol–water partition coefficient (Wildman–Crippen LogP) is 4.89. The maximum Gasteiger partial charge on any atom is 0.417 e. The number of nitrogens with zero attached hydrogens (tertiary/aromatic N) is 2. The van der Waals surface area contributed by atoms with Gasteiger partial charge in [0.15, 0.2) is 5.82 Å². The molecule has 0 fully saturated rings. The fraction of sp³-hybridized carbons (Fsp3) is 0.500. The third-order valence-corrected chi connectivity index (χ3v) is 3.76. The first-order valence-electron chi connectivity index (χ1n) is 7.41. The molecule has 0 aliphatic heterocycles. The monoisotopic (exact) mass is 361 g/mol. The van der Waals surface area contributed by atoms with E-state index in [2.05, 4.69) is 15.5 Å². The van der Waals surface area contributed by atoms with Gasteiger partial charge in [-0.05, 0) is 24.6 Å². The largest absolute Gasteiger partial charge is 0.417 e. The molecule has 1 heterocycles. The van der Waals surface area contributed by atoms with Gasteiger partial charge in [0, 0.05) is 12.0 Å². The molecule has 0 saturated carbocycles. The van der Waals surface area contributed by atoms with E-state index in [4.69, 9.17) is 16.1 Å². The molecule has 24 heavy (non-hydrogen) atoms. The first-order valence-corrected chi connectivity index (χ1v) is 7.79. The molecule has 0 aliphatic rings. The van der Waals surface area contributed by atoms with Gasteiger partial charge in [0.25, 0.3) is 0 Å². The Kier molecular flexibility index (Phi) is 5.25. The van der Waals surface area contributed by atoms with Crippen molar-refractivity contribution in [2.45, 2.75) is 51.9 Å². The summed E-state index contributed by atoms with van der Waals surface area (Å²) in [5, 5.41) is 6.69. The maximum atomic E-state index is 12.9. The van der Waals surface area contributed by atoms with Gasteiger partial charge in [0.05, 0.1) is 16.6 Å². The summed E-state index contributed by atoms with van der Waals surface area (Å²) < 4.78 is 43.8. The number of nitrogens with one attached hydrogen (secondary N) is 1. The second-order valence-corrected chi connectivity index (χ2v) is 7.03. The summed E-state index contributed by atoms with van der Waals surface area (Å²) in [5.41, 5.74) is -0.614. The van der Waals surface area contributed by atoms with Crippen molar-refractivity contribution in [3.8, 4) is 0 Å². The fourth-order valence-corrected chi connectivity index (χ4v) is 2.20. The van der Waals surface area contributed by atoms with Crippen molar-refractivity contribution < 1.29 is 17.7 Å². The predicted molar refractivity (Wildman–Crippen MR) is 84.7 cm³/mol. The van der Waals surface area contributed by atoms with Crippen LogP contribution in [0.3, 0.4) is 0 Å². The Morgan fingerprint density at radius 3 is 2.46 bits per heavy atom. The van der Waals surface area contributed by atoms with Crippen LogP contribution in [-0.2, 0) is 18.1 Å². The minimum atomic E-state index is -4.48. The Bertz CT molecular complexity index is 707. The zero-order chi connectivity index (χ0) is 18.1. The van der Waals surface area contributed by atoms with Crippen LogP contribution in [0.5, 0.6) is 0 Å². The molecule has 1 aromatic heterocycles. The highest BCUT2D eigenvalue weighted by Crippen LogP contribution is 2.35. The summed E-state index contributed by atoms with van der Waals surface area (Å²) in [6.07, 6.45) is -4.48. The standard InChI is InChI=1S/C16H19ClF3N3O/c1-9(13-22-14(23-24-13)15(2,3)4)21-8-10-5-6-12(17)11(7-10)16(18,19)20/h5-7,9,21H,8H2,1-4H3. The minimum absolute atomic E-state index is 0.217. The number of halogens is 4. The normalized spacial score (nSPS) is 14.0. The molecule has 1 N–H and O–H groups in total. The third-order valence-electron chi connectivity index (χ3n) is 3.43. The topological polar surface area (TPSA) is 51.0 Å². The molecule has 1 aromatic carbocycles. The van der Waals surface area contributed by atoms with E-state index in [9.17, 15) is 13.2 Å². The number of aromatic nitrogens is 2. The summed E-state index contributed by atoms with van der Waals surface area (Å²) in [5.74, 6) is 0.974. The Balaban J connectivity index is 2.07. The molecular weight excluding hydrogens is 343 g/mol. The van der Waals surface area contributed by atoms with Crippen LogP contribution in [0, 0.1) is 0 Å². The summed E-state index contributed by atoms with van der Waals surface area (Å²) in [6.45, 7) is 7.92. The number of rotatable bonds is 4. The van der Waals surface area contributed by atoms with Gasteiger partial charge < -0.3 is 9.84 Å². The van der Waals surface area contributed by atoms with Crippen LogP contribution in [0.15, 0.2) is 22.7 Å². The quantitative estimate of drug-likeness (QED) is 0.842. The Labute approximate surface area is 143 Å². The summed E-state index contributed by atoms with van der Waals surface area (Å²) in [4.78, 5) is 4.32. The van der Waals surface area contributed by atoms with E-state index in [0.29, 0.717) is 17.3 Å². The zero-order valence-electron chi connectivity index (χ0n) is 13.8. The van der Waals surface area contributed by atoms with Crippen LogP contribution in [0.2, 0.25) is 5.02 Å². The zero-order valence-corrected chi connectivity index (χ0v) is 14.6. The molecular formula is C16H19ClF3N3O. The Hall–Kier alpha value is -1.60. The van der Waals surface area contributed by atoms with Crippen molar-refractivity contribution >= 4 is 11.6 Å². The van der Waals surface area contributed by atoms with E-state index in [1.54, 1.807) is 13.0 Å². The number of hydrogen-bond donors (Lipinski definition) is 1. The lowest BCUT2D eigenvalue weighted by Gasteiger charge is -2.13. The molecule has 132 valence electrons. The van der Waals surface area contributed by atoms with Crippen LogP contribution in [0.25, 0.3) is 0 Å². The van der Waals surface area contributed by atoms with Crippen molar-refractivity contribution in [1.29, 1.82) is 0 Å². The highest BCUT2D eigenvalue weighted by atomic mass is 35.5. The number of hydrogen-bond acceptors (Lipinski definition) is 4. The van der Waals surface area contributed by atoms with Crippen LogP contribution >= 0.6 is 11.6 Å². The molecule has 0 spiro atoms. The molecule has 1 unspecified atom stereocenters. The summed E-state index contributed by atoms with van der Waals surface area (Å²) >= 11 is 5.61. The lowest BCUT2D eigenvalue weighted by Crippen LogP contribution is -2.19. The highest BCUT2D eigenvalue weighted by molar-refractivity contribution is 6.31. The van der Waals surface area contributed by atoms with E-state index in [1.165, 1.54) is 6.07 Å². The Morgan fingerprint density at radius 2 is 1.92 bits per heavy atom. The van der Waals surface area contributed by atoms with Crippen molar-refractivity contribution in [2.24, 2.45) is 0 Å². The van der Waals surface area contributed by atoms with E-state index >= 15 is 0 Å². The molecule has 0 saturated heterocycles. The van der Waals surface area contributed by atoms with Gasteiger partial charge in [-0.25, -0.2) is 0 Å². The SMILES string of the molecule is CC(NCc1ccc(Cl)c(C(F)(F)F)c1)c1nc(C(C)(C)C)no1. The maximum absolute atomic E-state index is 12.9. The van der Waals surface area contributed by atoms with E-state index < -0.39 is 11.7 Å². The molecule has 0 aliphatic carbocycles. The van der Waals surface area contributed by atoms with Gasteiger partial charge in [-0.2, -0.15) is 18.2 Å². The second kappa shape index (κ2) is 6.72. The van der Waals surface area contributed by atoms with Gasteiger partial charge in [-0.3, -0.25) is 0 Å². The van der Waals surface area contributed by atoms with E-state index in [0.717, 1.165) is 6.07 Å². The van der Waals surface area contributed by atoms with Gasteiger partial charge in [0.1, 0.15) is 0 Å². The van der Waals surface area contributed by atoms with Crippen molar-refractivity contribution in [3.63, 3.8) is 0 Å². The lowest BCUT2D eigenvalue weighted by atomic mass is 9.96. The van der Waals surface area contributed by atoms with Gasteiger partial charge in [-0.1, -0.05) is 43.6 Å². The van der Waals surface area contributed by atoms with Crippen LogP contribution in [-0.4, -0.2) is 10.1 Å². The number of alkyl halides is 3. The van der Waals surface area contributed by atoms with Crippen molar-refractivity contribution in [2.75, 3.05) is 0 Å². The first-order chi connectivity index (χ1) is 11.0. The second-order valence-electron chi connectivity index (χ2n) is 6.62. The molecule has 0 bridgehead atoms. The lowest BCUT2D eigenvalue weighted by molar-refractivity contribution is -0.137. The third kappa shape index (κ3) is 4.48. The van der Waals surface area contributed by atoms with Gasteiger partial charge in [0.2, 0.25) is 5.89 Å².